The number of carbonyl (C=O) groups excluding carboxylic acids is 1. The summed E-state index contributed by atoms with van der Waals surface area (Å²) >= 11 is 0. The van der Waals surface area contributed by atoms with Gasteiger partial charge >= 0.3 is 0 Å². The van der Waals surface area contributed by atoms with Crippen LogP contribution in [0.25, 0.3) is 0 Å². The van der Waals surface area contributed by atoms with Crippen LogP contribution in [0.2, 0.25) is 0 Å². The number of amides is 1. The molecule has 1 heterocycles. The topological polar surface area (TPSA) is 41.1 Å². The highest BCUT2D eigenvalue weighted by Crippen LogP contribution is 2.22. The fraction of sp³-hybridized carbons (Fsp3) is 0.889. The molecule has 0 aromatic rings. The highest BCUT2D eigenvalue weighted by molar-refractivity contribution is 5.86. The van der Waals surface area contributed by atoms with Crippen LogP contribution in [0, 0.1) is 0 Å². The zero-order valence-corrected chi connectivity index (χ0v) is 8.28. The summed E-state index contributed by atoms with van der Waals surface area (Å²) in [5.74, 6) is -0.294. The molecule has 2 N–H and O–H groups in total. The van der Waals surface area contributed by atoms with Crippen molar-refractivity contribution >= 4 is 5.91 Å². The first kappa shape index (κ1) is 11.4. The van der Waals surface area contributed by atoms with Crippen LogP contribution in [0.5, 0.6) is 0 Å². The summed E-state index contributed by atoms with van der Waals surface area (Å²) < 4.78 is 23.8. The van der Waals surface area contributed by atoms with Crippen molar-refractivity contribution in [1.82, 2.24) is 10.6 Å². The van der Waals surface area contributed by atoms with Crippen molar-refractivity contribution in [2.45, 2.75) is 38.2 Å². The van der Waals surface area contributed by atoms with E-state index >= 15 is 0 Å². The van der Waals surface area contributed by atoms with Crippen LogP contribution in [0.3, 0.4) is 0 Å². The zero-order valence-electron chi connectivity index (χ0n) is 8.28. The van der Waals surface area contributed by atoms with Crippen molar-refractivity contribution in [1.29, 1.82) is 0 Å². The van der Waals surface area contributed by atoms with E-state index in [4.69, 9.17) is 0 Å². The number of rotatable bonds is 4. The van der Waals surface area contributed by atoms with E-state index in [-0.39, 0.29) is 5.91 Å². The van der Waals surface area contributed by atoms with E-state index in [2.05, 4.69) is 10.6 Å². The van der Waals surface area contributed by atoms with E-state index in [1.54, 1.807) is 0 Å². The van der Waals surface area contributed by atoms with E-state index in [9.17, 15) is 13.6 Å². The molecule has 14 heavy (non-hydrogen) atoms. The standard InChI is InChI=1S/C9H16F2N2O/c1-2-9(4-3-5-13-9)8(14)12-6-7(10)11/h7,13H,2-6H2,1H3,(H,12,14). The normalized spacial score (nSPS) is 26.9. The van der Waals surface area contributed by atoms with Gasteiger partial charge in [-0.2, -0.15) is 0 Å². The first-order chi connectivity index (χ1) is 6.60. The zero-order chi connectivity index (χ0) is 10.6. The highest BCUT2D eigenvalue weighted by Gasteiger charge is 2.38. The lowest BCUT2D eigenvalue weighted by atomic mass is 9.93. The molecular formula is C9H16F2N2O. The van der Waals surface area contributed by atoms with E-state index < -0.39 is 18.5 Å². The minimum atomic E-state index is -2.48. The number of alkyl halides is 2. The largest absolute Gasteiger partial charge is 0.349 e. The Balaban J connectivity index is 2.48. The third-order valence-corrected chi connectivity index (χ3v) is 2.70. The van der Waals surface area contributed by atoms with E-state index in [0.29, 0.717) is 6.42 Å². The molecule has 1 fully saturated rings. The molecule has 0 aromatic carbocycles. The molecule has 5 heteroatoms. The molecule has 1 saturated heterocycles. The Labute approximate surface area is 82.2 Å². The average Bonchev–Trinajstić information content (AvgIpc) is 2.63. The maximum Gasteiger partial charge on any atom is 0.255 e. The summed E-state index contributed by atoms with van der Waals surface area (Å²) in [7, 11) is 0. The van der Waals surface area contributed by atoms with Crippen LogP contribution < -0.4 is 10.6 Å². The summed E-state index contributed by atoms with van der Waals surface area (Å²) in [5, 5.41) is 5.35. The molecule has 0 saturated carbocycles. The van der Waals surface area contributed by atoms with Crippen LogP contribution in [0.1, 0.15) is 26.2 Å². The van der Waals surface area contributed by atoms with Gasteiger partial charge in [0, 0.05) is 0 Å². The Bertz CT molecular complexity index is 203. The maximum absolute atomic E-state index is 11.9. The minimum Gasteiger partial charge on any atom is -0.349 e. The van der Waals surface area contributed by atoms with Gasteiger partial charge in [0.05, 0.1) is 12.1 Å². The van der Waals surface area contributed by atoms with E-state index in [0.717, 1.165) is 19.4 Å². The van der Waals surface area contributed by atoms with Crippen molar-refractivity contribution in [3.8, 4) is 0 Å². The van der Waals surface area contributed by atoms with Gasteiger partial charge in [-0.05, 0) is 25.8 Å². The molecule has 82 valence electrons. The Hall–Kier alpha value is -0.710. The van der Waals surface area contributed by atoms with Crippen LogP contribution in [-0.4, -0.2) is 31.0 Å². The number of hydrogen-bond donors (Lipinski definition) is 2. The van der Waals surface area contributed by atoms with Gasteiger partial charge in [0.25, 0.3) is 6.43 Å². The minimum absolute atomic E-state index is 0.294. The lowest BCUT2D eigenvalue weighted by Crippen LogP contribution is -2.53. The molecule has 1 unspecified atom stereocenters. The van der Waals surface area contributed by atoms with E-state index in [1.165, 1.54) is 0 Å². The SMILES string of the molecule is CCC1(C(=O)NCC(F)F)CCCN1. The van der Waals surface area contributed by atoms with Crippen LogP contribution in [0.15, 0.2) is 0 Å². The summed E-state index contributed by atoms with van der Waals surface area (Å²) in [6, 6.07) is 0. The Kier molecular flexibility index (Phi) is 3.80. The van der Waals surface area contributed by atoms with Crippen molar-refractivity contribution in [2.75, 3.05) is 13.1 Å². The molecule has 0 radical (unpaired) electrons. The van der Waals surface area contributed by atoms with Crippen molar-refractivity contribution < 1.29 is 13.6 Å². The summed E-state index contributed by atoms with van der Waals surface area (Å²) in [4.78, 5) is 11.6. The smallest absolute Gasteiger partial charge is 0.255 e. The molecule has 1 atom stereocenters. The highest BCUT2D eigenvalue weighted by atomic mass is 19.3. The Morgan fingerprint density at radius 1 is 1.64 bits per heavy atom. The summed E-state index contributed by atoms with van der Waals surface area (Å²) in [6.45, 7) is 2.12. The second kappa shape index (κ2) is 4.68. The fourth-order valence-electron chi connectivity index (χ4n) is 1.80. The van der Waals surface area contributed by atoms with Gasteiger partial charge in [-0.1, -0.05) is 6.92 Å². The van der Waals surface area contributed by atoms with Gasteiger partial charge in [0.2, 0.25) is 5.91 Å². The second-order valence-corrected chi connectivity index (χ2v) is 3.57. The van der Waals surface area contributed by atoms with Gasteiger partial charge in [0.1, 0.15) is 0 Å². The quantitative estimate of drug-likeness (QED) is 0.717. The third-order valence-electron chi connectivity index (χ3n) is 2.70. The third kappa shape index (κ3) is 2.41. The molecule has 0 spiro atoms. The lowest BCUT2D eigenvalue weighted by Gasteiger charge is -2.26. The molecule has 0 bridgehead atoms. The number of nitrogens with one attached hydrogen (secondary N) is 2. The molecule has 0 aliphatic carbocycles. The molecule has 1 aliphatic rings. The maximum atomic E-state index is 11.9. The Morgan fingerprint density at radius 2 is 2.36 bits per heavy atom. The van der Waals surface area contributed by atoms with Gasteiger partial charge < -0.3 is 10.6 Å². The second-order valence-electron chi connectivity index (χ2n) is 3.57. The van der Waals surface area contributed by atoms with Gasteiger partial charge in [-0.15, -0.1) is 0 Å². The monoisotopic (exact) mass is 206 g/mol. The molecule has 1 rings (SSSR count). The summed E-state index contributed by atoms with van der Waals surface area (Å²) in [6.07, 6.45) is -0.175. The summed E-state index contributed by atoms with van der Waals surface area (Å²) in [5.41, 5.74) is -0.602. The van der Waals surface area contributed by atoms with Crippen molar-refractivity contribution in [3.05, 3.63) is 0 Å². The number of halogens is 2. The van der Waals surface area contributed by atoms with Crippen LogP contribution >= 0.6 is 0 Å². The fourth-order valence-corrected chi connectivity index (χ4v) is 1.80. The first-order valence-corrected chi connectivity index (χ1v) is 4.92. The number of hydrogen-bond acceptors (Lipinski definition) is 2. The molecule has 3 nitrogen and oxygen atoms in total. The predicted octanol–water partition coefficient (Wildman–Crippen LogP) is 0.900. The molecule has 0 aromatic heterocycles. The van der Waals surface area contributed by atoms with Gasteiger partial charge in [-0.25, -0.2) is 8.78 Å². The number of carbonyl (C=O) groups is 1. The molecule has 1 amide bonds. The van der Waals surface area contributed by atoms with Gasteiger partial charge in [0.15, 0.2) is 0 Å². The predicted molar refractivity (Wildman–Crippen MR) is 49.3 cm³/mol. The lowest BCUT2D eigenvalue weighted by molar-refractivity contribution is -0.127. The van der Waals surface area contributed by atoms with Crippen molar-refractivity contribution in [3.63, 3.8) is 0 Å². The van der Waals surface area contributed by atoms with Crippen molar-refractivity contribution in [2.24, 2.45) is 0 Å². The van der Waals surface area contributed by atoms with Gasteiger partial charge in [-0.3, -0.25) is 4.79 Å². The van der Waals surface area contributed by atoms with Crippen LogP contribution in [0.4, 0.5) is 8.78 Å². The molecule has 1 aliphatic heterocycles. The van der Waals surface area contributed by atoms with Crippen LogP contribution in [-0.2, 0) is 4.79 Å². The Morgan fingerprint density at radius 3 is 2.79 bits per heavy atom. The first-order valence-electron chi connectivity index (χ1n) is 4.92. The van der Waals surface area contributed by atoms with E-state index in [1.807, 2.05) is 6.92 Å². The molecular weight excluding hydrogens is 190 g/mol. The average molecular weight is 206 g/mol.